The minimum atomic E-state index is -0.467. The Kier molecular flexibility index (Phi) is 5.31. The van der Waals surface area contributed by atoms with Crippen LogP contribution in [0.1, 0.15) is 10.4 Å². The van der Waals surface area contributed by atoms with E-state index >= 15 is 0 Å². The number of carbonyl (C=O) groups excluding carboxylic acids is 1. The van der Waals surface area contributed by atoms with Crippen molar-refractivity contribution in [1.29, 1.82) is 0 Å². The highest BCUT2D eigenvalue weighted by Crippen LogP contribution is 2.31. The summed E-state index contributed by atoms with van der Waals surface area (Å²) in [6.07, 6.45) is 1.75. The topological polar surface area (TPSA) is 69.6 Å². The Bertz CT molecular complexity index is 944. The van der Waals surface area contributed by atoms with Crippen molar-refractivity contribution >= 4 is 34.3 Å². The first-order valence-corrected chi connectivity index (χ1v) is 9.67. The van der Waals surface area contributed by atoms with Crippen LogP contribution in [0.2, 0.25) is 0 Å². The number of hydrogen-bond donors (Lipinski definition) is 0. The Labute approximate surface area is 166 Å². The maximum absolute atomic E-state index is 12.3. The van der Waals surface area contributed by atoms with Crippen molar-refractivity contribution in [2.45, 2.75) is 0 Å². The first-order chi connectivity index (χ1) is 13.7. The number of nitrogens with zero attached hydrogens (tertiary/aromatic N) is 2. The Hall–Kier alpha value is -2.84. The van der Waals surface area contributed by atoms with Crippen LogP contribution in [0, 0.1) is 0 Å². The van der Waals surface area contributed by atoms with Crippen LogP contribution in [0.5, 0.6) is 11.5 Å². The number of morpholine rings is 1. The number of thiophene rings is 1. The highest BCUT2D eigenvalue weighted by molar-refractivity contribution is 7.16. The third-order valence-electron chi connectivity index (χ3n) is 4.47. The number of hydrogen-bond acceptors (Lipinski definition) is 8. The fourth-order valence-corrected chi connectivity index (χ4v) is 4.01. The molecule has 4 rings (SSSR count). The van der Waals surface area contributed by atoms with Gasteiger partial charge in [0.25, 0.3) is 0 Å². The number of esters is 1. The standard InChI is InChI=1S/C20H20N2O5S/c1-24-16-5-3-13(11-17(16)25-2)19-21-15(20(23)27-19)12-14-4-6-18(28-14)22-7-9-26-10-8-22/h3-6,11-12H,7-10H2,1-2H3/b15-12-. The average Bonchev–Trinajstić information content (AvgIpc) is 3.35. The van der Waals surface area contributed by atoms with Crippen molar-refractivity contribution in [3.63, 3.8) is 0 Å². The van der Waals surface area contributed by atoms with Crippen LogP contribution in [-0.2, 0) is 14.3 Å². The van der Waals surface area contributed by atoms with E-state index in [-0.39, 0.29) is 11.6 Å². The smallest absolute Gasteiger partial charge is 0.363 e. The zero-order chi connectivity index (χ0) is 19.5. The summed E-state index contributed by atoms with van der Waals surface area (Å²) < 4.78 is 21.3. The zero-order valence-corrected chi connectivity index (χ0v) is 16.5. The molecule has 7 nitrogen and oxygen atoms in total. The summed E-state index contributed by atoms with van der Waals surface area (Å²) in [4.78, 5) is 19.9. The SMILES string of the molecule is COc1ccc(C2=N/C(=C\c3ccc(N4CCOCC4)s3)C(=O)O2)cc1OC. The van der Waals surface area contributed by atoms with Gasteiger partial charge in [-0.2, -0.15) is 0 Å². The van der Waals surface area contributed by atoms with Crippen LogP contribution >= 0.6 is 11.3 Å². The molecule has 0 amide bonds. The molecule has 0 N–H and O–H groups in total. The molecule has 0 spiro atoms. The molecule has 8 heteroatoms. The minimum Gasteiger partial charge on any atom is -0.493 e. The van der Waals surface area contributed by atoms with Gasteiger partial charge < -0.3 is 23.8 Å². The van der Waals surface area contributed by atoms with Gasteiger partial charge in [0.1, 0.15) is 0 Å². The zero-order valence-electron chi connectivity index (χ0n) is 15.6. The molecule has 0 aliphatic carbocycles. The third-order valence-corrected chi connectivity index (χ3v) is 5.56. The number of anilines is 1. The maximum atomic E-state index is 12.3. The molecule has 2 aliphatic heterocycles. The van der Waals surface area contributed by atoms with E-state index in [0.29, 0.717) is 17.1 Å². The van der Waals surface area contributed by atoms with Gasteiger partial charge in [0, 0.05) is 23.5 Å². The Morgan fingerprint density at radius 3 is 2.64 bits per heavy atom. The van der Waals surface area contributed by atoms with Gasteiger partial charge >= 0.3 is 5.97 Å². The van der Waals surface area contributed by atoms with Crippen molar-refractivity contribution in [3.05, 3.63) is 46.5 Å². The first-order valence-electron chi connectivity index (χ1n) is 8.85. The number of ether oxygens (including phenoxy) is 4. The first kappa shape index (κ1) is 18.5. The molecule has 0 unspecified atom stereocenters. The van der Waals surface area contributed by atoms with Crippen molar-refractivity contribution in [2.75, 3.05) is 45.4 Å². The predicted octanol–water partition coefficient (Wildman–Crippen LogP) is 2.95. The van der Waals surface area contributed by atoms with Crippen LogP contribution in [0.3, 0.4) is 0 Å². The predicted molar refractivity (Wildman–Crippen MR) is 108 cm³/mol. The van der Waals surface area contributed by atoms with Gasteiger partial charge in [0.15, 0.2) is 17.2 Å². The number of cyclic esters (lactones) is 1. The van der Waals surface area contributed by atoms with Crippen molar-refractivity contribution in [2.24, 2.45) is 4.99 Å². The molecule has 1 fully saturated rings. The monoisotopic (exact) mass is 400 g/mol. The molecule has 3 heterocycles. The summed E-state index contributed by atoms with van der Waals surface area (Å²) in [5, 5.41) is 1.16. The molecule has 1 saturated heterocycles. The Balaban J connectivity index is 1.56. The summed E-state index contributed by atoms with van der Waals surface area (Å²) >= 11 is 1.62. The van der Waals surface area contributed by atoms with Gasteiger partial charge in [-0.15, -0.1) is 11.3 Å². The van der Waals surface area contributed by atoms with Crippen LogP contribution in [0.4, 0.5) is 5.00 Å². The van der Waals surface area contributed by atoms with E-state index in [4.69, 9.17) is 18.9 Å². The highest BCUT2D eigenvalue weighted by atomic mass is 32.1. The van der Waals surface area contributed by atoms with Crippen molar-refractivity contribution in [3.8, 4) is 11.5 Å². The second-order valence-corrected chi connectivity index (χ2v) is 7.28. The molecular formula is C20H20N2O5S. The molecule has 1 aromatic heterocycles. The van der Waals surface area contributed by atoms with Gasteiger partial charge in [-0.05, 0) is 36.4 Å². The molecular weight excluding hydrogens is 380 g/mol. The number of rotatable bonds is 5. The molecule has 0 atom stereocenters. The van der Waals surface area contributed by atoms with Crippen molar-refractivity contribution < 1.29 is 23.7 Å². The highest BCUT2D eigenvalue weighted by Gasteiger charge is 2.25. The summed E-state index contributed by atoms with van der Waals surface area (Å²) in [5.41, 5.74) is 0.926. The summed E-state index contributed by atoms with van der Waals surface area (Å²) in [6.45, 7) is 3.22. The third kappa shape index (κ3) is 3.74. The fraction of sp³-hybridized carbons (Fsp3) is 0.300. The summed E-state index contributed by atoms with van der Waals surface area (Å²) in [5.74, 6) is 0.930. The molecule has 2 aliphatic rings. The van der Waals surface area contributed by atoms with Gasteiger partial charge in [-0.3, -0.25) is 0 Å². The fourth-order valence-electron chi connectivity index (χ4n) is 3.01. The van der Waals surface area contributed by atoms with Gasteiger partial charge in [0.05, 0.1) is 32.4 Å². The molecule has 28 heavy (non-hydrogen) atoms. The van der Waals surface area contributed by atoms with Crippen molar-refractivity contribution in [1.82, 2.24) is 0 Å². The second kappa shape index (κ2) is 8.04. The van der Waals surface area contributed by atoms with Crippen LogP contribution < -0.4 is 14.4 Å². The van der Waals surface area contributed by atoms with E-state index in [1.54, 1.807) is 49.8 Å². The van der Waals surface area contributed by atoms with Gasteiger partial charge in [0.2, 0.25) is 5.90 Å². The number of methoxy groups -OCH3 is 2. The van der Waals surface area contributed by atoms with E-state index in [2.05, 4.69) is 16.0 Å². The summed E-state index contributed by atoms with van der Waals surface area (Å²) in [7, 11) is 3.12. The van der Waals surface area contributed by atoms with E-state index in [0.717, 1.165) is 36.2 Å². The van der Waals surface area contributed by atoms with E-state index < -0.39 is 5.97 Å². The number of benzene rings is 1. The number of aliphatic imine (C=N–C) groups is 1. The largest absolute Gasteiger partial charge is 0.493 e. The lowest BCUT2D eigenvalue weighted by Gasteiger charge is -2.27. The van der Waals surface area contributed by atoms with Gasteiger partial charge in [-0.25, -0.2) is 9.79 Å². The average molecular weight is 400 g/mol. The van der Waals surface area contributed by atoms with Gasteiger partial charge in [-0.1, -0.05) is 0 Å². The molecule has 1 aromatic carbocycles. The molecule has 146 valence electrons. The second-order valence-electron chi connectivity index (χ2n) is 6.18. The molecule has 2 aromatic rings. The molecule has 0 saturated carbocycles. The minimum absolute atomic E-state index is 0.252. The van der Waals surface area contributed by atoms with Crippen LogP contribution in [0.15, 0.2) is 41.0 Å². The summed E-state index contributed by atoms with van der Waals surface area (Å²) in [6, 6.07) is 9.30. The lowest BCUT2D eigenvalue weighted by atomic mass is 10.2. The quantitative estimate of drug-likeness (QED) is 0.568. The van der Waals surface area contributed by atoms with E-state index in [9.17, 15) is 4.79 Å². The van der Waals surface area contributed by atoms with E-state index in [1.165, 1.54) is 0 Å². The number of carbonyl (C=O) groups is 1. The van der Waals surface area contributed by atoms with E-state index in [1.807, 2.05) is 6.07 Å². The van der Waals surface area contributed by atoms with Crippen LogP contribution in [0.25, 0.3) is 6.08 Å². The lowest BCUT2D eigenvalue weighted by molar-refractivity contribution is -0.129. The molecule has 0 radical (unpaired) electrons. The Morgan fingerprint density at radius 1 is 1.11 bits per heavy atom. The normalized spacial score (nSPS) is 18.2. The lowest BCUT2D eigenvalue weighted by Crippen LogP contribution is -2.35. The van der Waals surface area contributed by atoms with Crippen LogP contribution in [-0.4, -0.2) is 52.4 Å². The Morgan fingerprint density at radius 2 is 1.89 bits per heavy atom. The molecule has 0 bridgehead atoms. The maximum Gasteiger partial charge on any atom is 0.363 e.